The number of aryl methyl sites for hydroxylation is 1. The number of likely N-dealkylation sites (tertiary alicyclic amines) is 1. The van der Waals surface area contributed by atoms with Crippen LogP contribution in [0.15, 0.2) is 24.7 Å². The Hall–Kier alpha value is -2.15. The predicted octanol–water partition coefficient (Wildman–Crippen LogP) is 1.62. The van der Waals surface area contributed by atoms with Gasteiger partial charge < -0.3 is 10.2 Å². The lowest BCUT2D eigenvalue weighted by Gasteiger charge is -2.33. The highest BCUT2D eigenvalue weighted by Crippen LogP contribution is 2.16. The third-order valence-corrected chi connectivity index (χ3v) is 4.31. The van der Waals surface area contributed by atoms with Gasteiger partial charge in [-0.25, -0.2) is 4.98 Å². The van der Waals surface area contributed by atoms with Crippen LogP contribution < -0.4 is 10.2 Å². The molecular weight excluding hydrogens is 302 g/mol. The molecule has 0 radical (unpaired) electrons. The maximum atomic E-state index is 4.56. The van der Waals surface area contributed by atoms with Gasteiger partial charge in [-0.15, -0.1) is 0 Å². The molecule has 1 atom stereocenters. The second-order valence-electron chi connectivity index (χ2n) is 6.70. The van der Waals surface area contributed by atoms with Gasteiger partial charge in [0.05, 0.1) is 12.7 Å². The number of anilines is 2. The van der Waals surface area contributed by atoms with Crippen molar-refractivity contribution < 1.29 is 0 Å². The lowest BCUT2D eigenvalue weighted by Crippen LogP contribution is -2.43. The van der Waals surface area contributed by atoms with E-state index in [0.717, 1.165) is 37.9 Å². The molecule has 2 aromatic rings. The smallest absolute Gasteiger partial charge is 0.226 e. The molecule has 0 aliphatic carbocycles. The van der Waals surface area contributed by atoms with Gasteiger partial charge >= 0.3 is 0 Å². The molecule has 1 saturated heterocycles. The molecule has 1 unspecified atom stereocenters. The highest BCUT2D eigenvalue weighted by molar-refractivity contribution is 5.41. The van der Waals surface area contributed by atoms with Crippen molar-refractivity contribution in [3.05, 3.63) is 30.2 Å². The molecule has 1 fully saturated rings. The van der Waals surface area contributed by atoms with Crippen molar-refractivity contribution in [1.29, 1.82) is 0 Å². The van der Waals surface area contributed by atoms with Gasteiger partial charge in [-0.05, 0) is 37.9 Å². The Morgan fingerprint density at radius 2 is 2.21 bits per heavy atom. The number of rotatable bonds is 6. The van der Waals surface area contributed by atoms with Crippen LogP contribution >= 0.6 is 0 Å². The molecule has 7 heteroatoms. The van der Waals surface area contributed by atoms with Crippen molar-refractivity contribution in [2.24, 2.45) is 0 Å². The van der Waals surface area contributed by atoms with E-state index in [2.05, 4.69) is 38.4 Å². The van der Waals surface area contributed by atoms with Crippen LogP contribution in [-0.2, 0) is 6.54 Å². The van der Waals surface area contributed by atoms with E-state index in [9.17, 15) is 0 Å². The third-order valence-electron chi connectivity index (χ3n) is 4.31. The van der Waals surface area contributed by atoms with Crippen LogP contribution in [0.5, 0.6) is 0 Å². The minimum Gasteiger partial charge on any atom is -0.366 e. The van der Waals surface area contributed by atoms with E-state index >= 15 is 0 Å². The SMILES string of the molecule is Cc1cnn(CCN2CCCC(Nc3ccnc(N(C)C)n3)C2)c1. The summed E-state index contributed by atoms with van der Waals surface area (Å²) >= 11 is 0. The predicted molar refractivity (Wildman–Crippen MR) is 96.4 cm³/mol. The van der Waals surface area contributed by atoms with Crippen LogP contribution in [-0.4, -0.2) is 64.4 Å². The minimum atomic E-state index is 0.433. The number of hydrogen-bond donors (Lipinski definition) is 1. The van der Waals surface area contributed by atoms with Gasteiger partial charge in [-0.1, -0.05) is 0 Å². The van der Waals surface area contributed by atoms with E-state index in [0.29, 0.717) is 6.04 Å². The highest BCUT2D eigenvalue weighted by atomic mass is 15.3. The fourth-order valence-electron chi connectivity index (χ4n) is 3.06. The Morgan fingerprint density at radius 3 is 2.96 bits per heavy atom. The molecule has 1 aliphatic rings. The summed E-state index contributed by atoms with van der Waals surface area (Å²) in [6.45, 7) is 6.26. The van der Waals surface area contributed by atoms with Crippen molar-refractivity contribution in [2.45, 2.75) is 32.4 Å². The normalized spacial score (nSPS) is 18.5. The number of piperidine rings is 1. The molecule has 0 amide bonds. The topological polar surface area (TPSA) is 62.1 Å². The minimum absolute atomic E-state index is 0.433. The van der Waals surface area contributed by atoms with Crippen LogP contribution in [0.4, 0.5) is 11.8 Å². The van der Waals surface area contributed by atoms with Crippen molar-refractivity contribution in [1.82, 2.24) is 24.6 Å². The fraction of sp³-hybridized carbons (Fsp3) is 0.588. The molecule has 0 spiro atoms. The maximum absolute atomic E-state index is 4.56. The van der Waals surface area contributed by atoms with Gasteiger partial charge in [-0.3, -0.25) is 9.58 Å². The monoisotopic (exact) mass is 329 g/mol. The number of nitrogens with zero attached hydrogens (tertiary/aromatic N) is 6. The van der Waals surface area contributed by atoms with Crippen molar-refractivity contribution in [3.63, 3.8) is 0 Å². The lowest BCUT2D eigenvalue weighted by atomic mass is 10.1. The first kappa shape index (κ1) is 16.7. The Morgan fingerprint density at radius 1 is 1.33 bits per heavy atom. The second kappa shape index (κ2) is 7.61. The Balaban J connectivity index is 1.52. The van der Waals surface area contributed by atoms with Crippen molar-refractivity contribution >= 4 is 11.8 Å². The van der Waals surface area contributed by atoms with E-state index in [1.165, 1.54) is 18.4 Å². The van der Waals surface area contributed by atoms with E-state index in [-0.39, 0.29) is 0 Å². The molecule has 3 rings (SSSR count). The summed E-state index contributed by atoms with van der Waals surface area (Å²) in [6.07, 6.45) is 8.22. The summed E-state index contributed by atoms with van der Waals surface area (Å²) in [5.74, 6) is 1.64. The lowest BCUT2D eigenvalue weighted by molar-refractivity contribution is 0.206. The molecule has 130 valence electrons. The average Bonchev–Trinajstić information content (AvgIpc) is 2.99. The molecular formula is C17H27N7. The summed E-state index contributed by atoms with van der Waals surface area (Å²) < 4.78 is 2.03. The molecule has 2 aromatic heterocycles. The van der Waals surface area contributed by atoms with Gasteiger partial charge in [0, 0.05) is 45.6 Å². The first-order valence-corrected chi connectivity index (χ1v) is 8.58. The molecule has 3 heterocycles. The zero-order valence-electron chi connectivity index (χ0n) is 14.8. The van der Waals surface area contributed by atoms with Gasteiger partial charge in [-0.2, -0.15) is 10.1 Å². The van der Waals surface area contributed by atoms with E-state index < -0.39 is 0 Å². The maximum Gasteiger partial charge on any atom is 0.226 e. The summed E-state index contributed by atoms with van der Waals surface area (Å²) in [6, 6.07) is 2.38. The van der Waals surface area contributed by atoms with E-state index in [1.54, 1.807) is 0 Å². The third kappa shape index (κ3) is 4.44. The summed E-state index contributed by atoms with van der Waals surface area (Å²) in [4.78, 5) is 13.3. The van der Waals surface area contributed by atoms with Crippen LogP contribution in [0.25, 0.3) is 0 Å². The molecule has 0 bridgehead atoms. The average molecular weight is 329 g/mol. The zero-order chi connectivity index (χ0) is 16.9. The summed E-state index contributed by atoms with van der Waals surface area (Å²) in [5, 5.41) is 7.93. The number of aromatic nitrogens is 4. The second-order valence-corrected chi connectivity index (χ2v) is 6.70. The van der Waals surface area contributed by atoms with Crippen LogP contribution in [0.2, 0.25) is 0 Å². The van der Waals surface area contributed by atoms with Crippen LogP contribution in [0, 0.1) is 6.92 Å². The standard InChI is InChI=1S/C17H27N7/c1-14-11-19-24(12-14)10-9-23-8-4-5-15(13-23)20-16-6-7-18-17(21-16)22(2)3/h6-7,11-12,15H,4-5,8-10,13H2,1-3H3,(H,18,20,21). The molecule has 1 aliphatic heterocycles. The van der Waals surface area contributed by atoms with Gasteiger partial charge in [0.2, 0.25) is 5.95 Å². The van der Waals surface area contributed by atoms with Crippen molar-refractivity contribution in [2.75, 3.05) is 43.9 Å². The Labute approximate surface area is 143 Å². The Bertz CT molecular complexity index is 652. The largest absolute Gasteiger partial charge is 0.366 e. The van der Waals surface area contributed by atoms with Gasteiger partial charge in [0.1, 0.15) is 5.82 Å². The Kier molecular flexibility index (Phi) is 5.30. The quantitative estimate of drug-likeness (QED) is 0.869. The molecule has 7 nitrogen and oxygen atoms in total. The first-order chi connectivity index (χ1) is 11.6. The molecule has 0 aromatic carbocycles. The highest BCUT2D eigenvalue weighted by Gasteiger charge is 2.20. The van der Waals surface area contributed by atoms with E-state index in [4.69, 9.17) is 0 Å². The molecule has 1 N–H and O–H groups in total. The molecule has 24 heavy (non-hydrogen) atoms. The van der Waals surface area contributed by atoms with Crippen LogP contribution in [0.1, 0.15) is 18.4 Å². The van der Waals surface area contributed by atoms with E-state index in [1.807, 2.05) is 42.1 Å². The number of nitrogens with one attached hydrogen (secondary N) is 1. The van der Waals surface area contributed by atoms with Gasteiger partial charge in [0.15, 0.2) is 0 Å². The molecule has 0 saturated carbocycles. The number of hydrogen-bond acceptors (Lipinski definition) is 6. The fourth-order valence-corrected chi connectivity index (χ4v) is 3.06. The van der Waals surface area contributed by atoms with Crippen molar-refractivity contribution in [3.8, 4) is 0 Å². The summed E-state index contributed by atoms with van der Waals surface area (Å²) in [7, 11) is 3.91. The van der Waals surface area contributed by atoms with Crippen LogP contribution in [0.3, 0.4) is 0 Å². The van der Waals surface area contributed by atoms with Gasteiger partial charge in [0.25, 0.3) is 0 Å². The first-order valence-electron chi connectivity index (χ1n) is 8.58. The summed E-state index contributed by atoms with van der Waals surface area (Å²) in [5.41, 5.74) is 1.22. The zero-order valence-corrected chi connectivity index (χ0v) is 14.8.